The van der Waals surface area contributed by atoms with Crippen molar-refractivity contribution in [2.24, 2.45) is 5.92 Å². The van der Waals surface area contributed by atoms with Gasteiger partial charge in [-0.3, -0.25) is 0 Å². The van der Waals surface area contributed by atoms with E-state index in [-0.39, 0.29) is 0 Å². The highest BCUT2D eigenvalue weighted by atomic mass is 35.6. The highest BCUT2D eigenvalue weighted by molar-refractivity contribution is 8.00. The standard InChI is InChI=1S/C7H13Cl3OS/c1-5(2)3-4-12-6(11)7(8,9)10/h5-6,11H,3-4H2,1-2H3. The van der Waals surface area contributed by atoms with Crippen LogP contribution in [0, 0.1) is 5.92 Å². The Labute approximate surface area is 92.8 Å². The van der Waals surface area contributed by atoms with Gasteiger partial charge in [-0.15, -0.1) is 11.8 Å². The second kappa shape index (κ2) is 5.82. The second-order valence-corrected chi connectivity index (χ2v) is 6.50. The maximum absolute atomic E-state index is 9.27. The van der Waals surface area contributed by atoms with Crippen LogP contribution in [0.5, 0.6) is 0 Å². The first-order chi connectivity index (χ1) is 5.34. The molecule has 0 aromatic carbocycles. The molecule has 0 heterocycles. The Morgan fingerprint density at radius 1 is 1.33 bits per heavy atom. The predicted octanol–water partition coefficient (Wildman–Crippen LogP) is 3.45. The first-order valence-electron chi connectivity index (χ1n) is 3.70. The number of hydrogen-bond acceptors (Lipinski definition) is 2. The van der Waals surface area contributed by atoms with Crippen molar-refractivity contribution in [1.29, 1.82) is 0 Å². The van der Waals surface area contributed by atoms with Crippen molar-refractivity contribution in [1.82, 2.24) is 0 Å². The highest BCUT2D eigenvalue weighted by Crippen LogP contribution is 2.36. The third-order valence-corrected chi connectivity index (χ3v) is 3.40. The van der Waals surface area contributed by atoms with Gasteiger partial charge < -0.3 is 5.11 Å². The molecule has 1 atom stereocenters. The van der Waals surface area contributed by atoms with Crippen LogP contribution in [0.3, 0.4) is 0 Å². The lowest BCUT2D eigenvalue weighted by Crippen LogP contribution is -2.21. The highest BCUT2D eigenvalue weighted by Gasteiger charge is 2.30. The van der Waals surface area contributed by atoms with E-state index in [1.165, 1.54) is 11.8 Å². The summed E-state index contributed by atoms with van der Waals surface area (Å²) in [6.07, 6.45) is 1.02. The number of halogens is 3. The fourth-order valence-corrected chi connectivity index (χ4v) is 2.10. The Balaban J connectivity index is 3.51. The zero-order chi connectivity index (χ0) is 9.78. The van der Waals surface area contributed by atoms with Crippen LogP contribution in [0.2, 0.25) is 0 Å². The van der Waals surface area contributed by atoms with Crippen LogP contribution in [-0.4, -0.2) is 20.1 Å². The molecule has 12 heavy (non-hydrogen) atoms. The minimum absolute atomic E-state index is 0.611. The van der Waals surface area contributed by atoms with Crippen molar-refractivity contribution in [2.45, 2.75) is 29.5 Å². The van der Waals surface area contributed by atoms with Crippen LogP contribution in [-0.2, 0) is 0 Å². The number of hydrogen-bond donors (Lipinski definition) is 1. The zero-order valence-electron chi connectivity index (χ0n) is 7.06. The topological polar surface area (TPSA) is 20.2 Å². The van der Waals surface area contributed by atoms with Crippen molar-refractivity contribution in [3.8, 4) is 0 Å². The minimum atomic E-state index is -1.57. The lowest BCUT2D eigenvalue weighted by atomic mass is 10.2. The van der Waals surface area contributed by atoms with E-state index in [0.717, 1.165) is 12.2 Å². The summed E-state index contributed by atoms with van der Waals surface area (Å²) in [7, 11) is 0. The number of alkyl halides is 3. The summed E-state index contributed by atoms with van der Waals surface area (Å²) in [5.41, 5.74) is -0.929. The van der Waals surface area contributed by atoms with Gasteiger partial charge in [0.05, 0.1) is 0 Å². The van der Waals surface area contributed by atoms with Crippen molar-refractivity contribution >= 4 is 46.6 Å². The molecule has 1 N–H and O–H groups in total. The number of rotatable bonds is 4. The van der Waals surface area contributed by atoms with Crippen molar-refractivity contribution < 1.29 is 5.11 Å². The van der Waals surface area contributed by atoms with E-state index in [2.05, 4.69) is 13.8 Å². The zero-order valence-corrected chi connectivity index (χ0v) is 10.1. The van der Waals surface area contributed by atoms with Gasteiger partial charge >= 0.3 is 0 Å². The molecule has 0 radical (unpaired) electrons. The third-order valence-electron chi connectivity index (χ3n) is 1.25. The van der Waals surface area contributed by atoms with E-state index in [0.29, 0.717) is 5.92 Å². The summed E-state index contributed by atoms with van der Waals surface area (Å²) < 4.78 is -1.57. The molecule has 0 spiro atoms. The van der Waals surface area contributed by atoms with Gasteiger partial charge in [-0.05, 0) is 18.1 Å². The largest absolute Gasteiger partial charge is 0.378 e. The van der Waals surface area contributed by atoms with Crippen LogP contribution < -0.4 is 0 Å². The maximum atomic E-state index is 9.27. The summed E-state index contributed by atoms with van der Waals surface area (Å²) in [5, 5.41) is 9.27. The Kier molecular flexibility index (Phi) is 6.39. The molecule has 0 bridgehead atoms. The fourth-order valence-electron chi connectivity index (χ4n) is 0.510. The molecular formula is C7H13Cl3OS. The molecule has 0 aromatic rings. The minimum Gasteiger partial charge on any atom is -0.378 e. The van der Waals surface area contributed by atoms with Crippen molar-refractivity contribution in [3.05, 3.63) is 0 Å². The molecule has 0 aliphatic heterocycles. The smallest absolute Gasteiger partial charge is 0.225 e. The van der Waals surface area contributed by atoms with Crippen molar-refractivity contribution in [3.63, 3.8) is 0 Å². The van der Waals surface area contributed by atoms with Gasteiger partial charge in [-0.1, -0.05) is 48.7 Å². The molecule has 0 aliphatic carbocycles. The Bertz CT molecular complexity index is 124. The van der Waals surface area contributed by atoms with Crippen LogP contribution in [0.1, 0.15) is 20.3 Å². The van der Waals surface area contributed by atoms with E-state index in [9.17, 15) is 5.11 Å². The number of thioether (sulfide) groups is 1. The van der Waals surface area contributed by atoms with Crippen molar-refractivity contribution in [2.75, 3.05) is 5.75 Å². The normalized spacial score (nSPS) is 15.2. The van der Waals surface area contributed by atoms with Gasteiger partial charge in [-0.2, -0.15) is 0 Å². The fraction of sp³-hybridized carbons (Fsp3) is 1.00. The Hall–Kier alpha value is 1.18. The summed E-state index contributed by atoms with van der Waals surface area (Å²) in [5.74, 6) is 1.42. The SMILES string of the molecule is CC(C)CCSC(O)C(Cl)(Cl)Cl. The molecule has 1 nitrogen and oxygen atoms in total. The lowest BCUT2D eigenvalue weighted by molar-refractivity contribution is 0.268. The summed E-state index contributed by atoms with van der Waals surface area (Å²) in [6, 6.07) is 0. The van der Waals surface area contributed by atoms with E-state index in [1.807, 2.05) is 0 Å². The van der Waals surface area contributed by atoms with Gasteiger partial charge in [-0.25, -0.2) is 0 Å². The summed E-state index contributed by atoms with van der Waals surface area (Å²) in [4.78, 5) is 0. The lowest BCUT2D eigenvalue weighted by Gasteiger charge is -2.18. The molecule has 0 amide bonds. The number of aliphatic hydroxyl groups excluding tert-OH is 1. The van der Waals surface area contributed by atoms with E-state index >= 15 is 0 Å². The van der Waals surface area contributed by atoms with Gasteiger partial charge in [0.2, 0.25) is 3.79 Å². The molecule has 5 heteroatoms. The molecule has 1 unspecified atom stereocenters. The third kappa shape index (κ3) is 6.67. The maximum Gasteiger partial charge on any atom is 0.225 e. The molecule has 0 saturated carbocycles. The average Bonchev–Trinajstić information content (AvgIpc) is 1.84. The first-order valence-corrected chi connectivity index (χ1v) is 5.88. The van der Waals surface area contributed by atoms with Gasteiger partial charge in [0, 0.05) is 0 Å². The van der Waals surface area contributed by atoms with E-state index < -0.39 is 9.23 Å². The average molecular weight is 252 g/mol. The number of aliphatic hydroxyl groups is 1. The molecule has 74 valence electrons. The second-order valence-electron chi connectivity index (χ2n) is 2.95. The molecule has 0 saturated heterocycles. The molecule has 0 aromatic heterocycles. The Morgan fingerprint density at radius 3 is 2.17 bits per heavy atom. The predicted molar refractivity (Wildman–Crippen MR) is 58.2 cm³/mol. The monoisotopic (exact) mass is 250 g/mol. The summed E-state index contributed by atoms with van der Waals surface area (Å²) >= 11 is 17.6. The first kappa shape index (κ1) is 13.2. The van der Waals surface area contributed by atoms with E-state index in [1.54, 1.807) is 0 Å². The van der Waals surface area contributed by atoms with Crippen LogP contribution >= 0.6 is 46.6 Å². The molecule has 0 rings (SSSR count). The molecule has 0 aliphatic rings. The van der Waals surface area contributed by atoms with Gasteiger partial charge in [0.1, 0.15) is 5.44 Å². The quantitative estimate of drug-likeness (QED) is 0.610. The summed E-state index contributed by atoms with van der Waals surface area (Å²) in [6.45, 7) is 4.23. The van der Waals surface area contributed by atoms with Crippen LogP contribution in [0.15, 0.2) is 0 Å². The molecular weight excluding hydrogens is 239 g/mol. The van der Waals surface area contributed by atoms with Gasteiger partial charge in [0.15, 0.2) is 0 Å². The molecule has 0 fully saturated rings. The van der Waals surface area contributed by atoms with E-state index in [4.69, 9.17) is 34.8 Å². The Morgan fingerprint density at radius 2 is 1.83 bits per heavy atom. The van der Waals surface area contributed by atoms with Crippen LogP contribution in [0.4, 0.5) is 0 Å². The van der Waals surface area contributed by atoms with Gasteiger partial charge in [0.25, 0.3) is 0 Å². The van der Waals surface area contributed by atoms with Crippen LogP contribution in [0.25, 0.3) is 0 Å².